The van der Waals surface area contributed by atoms with Crippen molar-refractivity contribution in [1.29, 1.82) is 0 Å². The first-order valence-corrected chi connectivity index (χ1v) is 11.8. The van der Waals surface area contributed by atoms with Crippen molar-refractivity contribution < 1.29 is 24.2 Å². The van der Waals surface area contributed by atoms with Crippen molar-refractivity contribution in [2.45, 2.75) is 32.3 Å². The highest BCUT2D eigenvalue weighted by molar-refractivity contribution is 5.93. The van der Waals surface area contributed by atoms with Crippen molar-refractivity contribution in [1.82, 2.24) is 25.1 Å². The maximum Gasteiger partial charge on any atom is 0.326 e. The Kier molecular flexibility index (Phi) is 7.39. The van der Waals surface area contributed by atoms with Crippen molar-refractivity contribution in [3.8, 4) is 11.5 Å². The quantitative estimate of drug-likeness (QED) is 0.416. The van der Waals surface area contributed by atoms with E-state index in [1.54, 1.807) is 42.3 Å². The van der Waals surface area contributed by atoms with Gasteiger partial charge in [-0.05, 0) is 57.0 Å². The summed E-state index contributed by atoms with van der Waals surface area (Å²) >= 11 is 0. The van der Waals surface area contributed by atoms with Crippen LogP contribution in [0, 0.1) is 0 Å². The van der Waals surface area contributed by atoms with Gasteiger partial charge in [0.25, 0.3) is 0 Å². The van der Waals surface area contributed by atoms with Crippen LogP contribution in [0.2, 0.25) is 0 Å². The number of likely N-dealkylation sites (tertiary alicyclic amines) is 1. The molecule has 0 radical (unpaired) electrons. The van der Waals surface area contributed by atoms with Crippen molar-refractivity contribution in [2.24, 2.45) is 0 Å². The first-order chi connectivity index (χ1) is 17.2. The molecule has 0 unspecified atom stereocenters. The smallest absolute Gasteiger partial charge is 0.326 e. The molecule has 2 aromatic heterocycles. The number of urea groups is 1. The number of hydrogen-bond donors (Lipinski definition) is 4. The zero-order valence-electron chi connectivity index (χ0n) is 20.3. The fourth-order valence-corrected chi connectivity index (χ4v) is 3.94. The Morgan fingerprint density at radius 2 is 1.83 bits per heavy atom. The van der Waals surface area contributed by atoms with Gasteiger partial charge in [-0.25, -0.2) is 14.6 Å². The fraction of sp³-hybridized carbons (Fsp3) is 0.360. The average Bonchev–Trinajstić information content (AvgIpc) is 3.26. The van der Waals surface area contributed by atoms with Crippen LogP contribution in [0.15, 0.2) is 48.8 Å². The number of nitrogens with zero attached hydrogens (tertiary/aromatic N) is 3. The molecule has 11 nitrogen and oxygen atoms in total. The maximum atomic E-state index is 12.3. The van der Waals surface area contributed by atoms with Gasteiger partial charge < -0.3 is 25.4 Å². The molecule has 0 aliphatic carbocycles. The monoisotopic (exact) mass is 494 g/mol. The molecule has 36 heavy (non-hydrogen) atoms. The van der Waals surface area contributed by atoms with Gasteiger partial charge >= 0.3 is 12.1 Å². The Morgan fingerprint density at radius 3 is 2.58 bits per heavy atom. The molecule has 1 aliphatic heterocycles. The highest BCUT2D eigenvalue weighted by atomic mass is 16.5. The van der Waals surface area contributed by atoms with Gasteiger partial charge in [0.1, 0.15) is 17.3 Å². The number of aliphatic hydroxyl groups is 1. The molecule has 0 atom stereocenters. The van der Waals surface area contributed by atoms with E-state index in [1.165, 1.54) is 10.8 Å². The second-order valence-electron chi connectivity index (χ2n) is 8.91. The number of hydrogen-bond acceptors (Lipinski definition) is 6. The Bertz CT molecular complexity index is 1260. The lowest BCUT2D eigenvalue weighted by molar-refractivity contribution is -0.133. The summed E-state index contributed by atoms with van der Waals surface area (Å²) in [7, 11) is 0. The molecule has 1 aromatic carbocycles. The molecule has 11 heteroatoms. The van der Waals surface area contributed by atoms with Crippen LogP contribution in [0.25, 0.3) is 10.9 Å². The summed E-state index contributed by atoms with van der Waals surface area (Å²) in [6.45, 7) is 4.92. The number of ether oxygens (including phenoxy) is 1. The number of rotatable bonds is 6. The highest BCUT2D eigenvalue weighted by Crippen LogP contribution is 2.27. The lowest BCUT2D eigenvalue weighted by Gasteiger charge is -2.35. The van der Waals surface area contributed by atoms with Gasteiger partial charge in [0, 0.05) is 43.5 Å². The van der Waals surface area contributed by atoms with Gasteiger partial charge in [0.15, 0.2) is 0 Å². The molecule has 1 aliphatic rings. The zero-order valence-corrected chi connectivity index (χ0v) is 20.3. The summed E-state index contributed by atoms with van der Waals surface area (Å²) in [4.78, 5) is 42.5. The van der Waals surface area contributed by atoms with E-state index in [2.05, 4.69) is 20.9 Å². The number of anilines is 1. The van der Waals surface area contributed by atoms with Gasteiger partial charge in [-0.15, -0.1) is 0 Å². The maximum absolute atomic E-state index is 12.3. The van der Waals surface area contributed by atoms with Crippen molar-refractivity contribution in [2.75, 3.05) is 31.5 Å². The molecular weight excluding hydrogens is 464 g/mol. The Balaban J connectivity index is 1.32. The molecule has 0 bridgehead atoms. The average molecular weight is 495 g/mol. The van der Waals surface area contributed by atoms with E-state index in [4.69, 9.17) is 4.74 Å². The van der Waals surface area contributed by atoms with E-state index in [-0.39, 0.29) is 24.3 Å². The minimum Gasteiger partial charge on any atom is -0.457 e. The van der Waals surface area contributed by atoms with Gasteiger partial charge in [0.05, 0.1) is 17.7 Å². The number of benzene rings is 1. The predicted octanol–water partition coefficient (Wildman–Crippen LogP) is 2.90. The number of carbonyl (C=O) groups is 3. The summed E-state index contributed by atoms with van der Waals surface area (Å²) in [5.74, 6) is 1.07. The number of carbonyl (C=O) groups excluding carboxylic acids is 3. The van der Waals surface area contributed by atoms with Gasteiger partial charge in [-0.1, -0.05) is 0 Å². The Hall–Kier alpha value is -4.12. The first-order valence-electron chi connectivity index (χ1n) is 11.8. The summed E-state index contributed by atoms with van der Waals surface area (Å²) in [5, 5.41) is 18.8. The summed E-state index contributed by atoms with van der Waals surface area (Å²) in [5.41, 5.74) is 0.00838. The Morgan fingerprint density at radius 1 is 1.08 bits per heavy atom. The number of aromatic nitrogens is 2. The molecule has 4 rings (SSSR count). The topological polar surface area (TPSA) is 138 Å². The van der Waals surface area contributed by atoms with Gasteiger partial charge in [-0.2, -0.15) is 0 Å². The Labute approximate surface area is 208 Å². The zero-order chi connectivity index (χ0) is 25.7. The molecule has 3 aromatic rings. The van der Waals surface area contributed by atoms with Crippen molar-refractivity contribution in [3.05, 3.63) is 48.8 Å². The van der Waals surface area contributed by atoms with Crippen LogP contribution in [-0.4, -0.2) is 69.3 Å². The molecular formula is C25H30N6O5. The van der Waals surface area contributed by atoms with Crippen LogP contribution in [0.4, 0.5) is 15.4 Å². The van der Waals surface area contributed by atoms with E-state index in [0.29, 0.717) is 44.0 Å². The van der Waals surface area contributed by atoms with Crippen LogP contribution in [0.5, 0.6) is 11.5 Å². The molecule has 190 valence electrons. The minimum absolute atomic E-state index is 0.153. The van der Waals surface area contributed by atoms with E-state index >= 15 is 0 Å². The third-order valence-electron chi connectivity index (χ3n) is 6.01. The second kappa shape index (κ2) is 10.6. The fourth-order valence-electron chi connectivity index (χ4n) is 3.94. The normalized spacial score (nSPS) is 14.8. The predicted molar refractivity (Wildman–Crippen MR) is 134 cm³/mol. The third kappa shape index (κ3) is 6.11. The lowest BCUT2D eigenvalue weighted by atomic mass is 9.94. The number of pyridine rings is 1. The summed E-state index contributed by atoms with van der Waals surface area (Å²) in [6.07, 6.45) is 4.22. The molecule has 1 fully saturated rings. The van der Waals surface area contributed by atoms with E-state index in [0.717, 1.165) is 10.9 Å². The van der Waals surface area contributed by atoms with Crippen LogP contribution in [0.1, 0.15) is 26.7 Å². The van der Waals surface area contributed by atoms with Gasteiger partial charge in [0.2, 0.25) is 5.91 Å². The number of nitrogens with one attached hydrogen (secondary N) is 3. The van der Waals surface area contributed by atoms with Crippen LogP contribution < -0.4 is 20.7 Å². The number of amides is 4. The summed E-state index contributed by atoms with van der Waals surface area (Å²) < 4.78 is 7.45. The SMILES string of the molecule is CCNC(=O)n1ccc2cc(Oc3ccnc(NC(=O)NCC(=O)N4CCC(C)(O)CC4)c3)ccc21. The lowest BCUT2D eigenvalue weighted by Crippen LogP contribution is -2.48. The molecule has 4 N–H and O–H groups in total. The standard InChI is InChI=1S/C25H30N6O5/c1-3-26-24(34)31-11-7-17-14-18(4-5-20(17)31)36-19-6-10-27-21(15-19)29-23(33)28-16-22(32)30-12-8-25(2,35)9-13-30/h4-7,10-11,14-15,35H,3,8-9,12-13,16H2,1-2H3,(H,26,34)(H2,27,28,29,33). The largest absolute Gasteiger partial charge is 0.457 e. The number of fused-ring (bicyclic) bond motifs is 1. The first kappa shape index (κ1) is 25.0. The van der Waals surface area contributed by atoms with Crippen LogP contribution >= 0.6 is 0 Å². The van der Waals surface area contributed by atoms with E-state index in [9.17, 15) is 19.5 Å². The number of piperidine rings is 1. The molecule has 1 saturated heterocycles. The minimum atomic E-state index is -0.748. The van der Waals surface area contributed by atoms with Crippen molar-refractivity contribution in [3.63, 3.8) is 0 Å². The van der Waals surface area contributed by atoms with Crippen LogP contribution in [0.3, 0.4) is 0 Å². The van der Waals surface area contributed by atoms with E-state index < -0.39 is 11.6 Å². The molecule has 0 saturated carbocycles. The van der Waals surface area contributed by atoms with Gasteiger partial charge in [-0.3, -0.25) is 14.7 Å². The van der Waals surface area contributed by atoms with Crippen molar-refractivity contribution >= 4 is 34.7 Å². The van der Waals surface area contributed by atoms with E-state index in [1.807, 2.05) is 19.1 Å². The third-order valence-corrected chi connectivity index (χ3v) is 6.01. The molecule has 0 spiro atoms. The summed E-state index contributed by atoms with van der Waals surface area (Å²) in [6, 6.07) is 9.66. The highest BCUT2D eigenvalue weighted by Gasteiger charge is 2.29. The molecule has 3 heterocycles. The second-order valence-corrected chi connectivity index (χ2v) is 8.91. The van der Waals surface area contributed by atoms with Crippen LogP contribution in [-0.2, 0) is 4.79 Å². The molecule has 4 amide bonds.